The number of aryl methyl sites for hydroxylation is 2. The standard InChI is InChI=1S/C25H24O4.CH3Br/c1-18-8-12-22(13-9-18)25(28,23-14-10-19(2)11-15-23)24(27)29-17-21(16-26)20-6-4-3-5-7-20;1-2/h3-16,26,28H,17H2,1-2H3;1H3. The SMILES string of the molecule is CBr.Cc1ccc(C(O)(C(=O)OCC(=CO)c2ccccc2)c2ccc(C)cc2)cc1. The van der Waals surface area contributed by atoms with Crippen molar-refractivity contribution in [3.8, 4) is 0 Å². The first kappa shape index (κ1) is 24.4. The zero-order chi connectivity index (χ0) is 22.9. The summed E-state index contributed by atoms with van der Waals surface area (Å²) in [6, 6.07) is 23.4. The van der Waals surface area contributed by atoms with E-state index in [4.69, 9.17) is 4.74 Å². The number of rotatable bonds is 6. The van der Waals surface area contributed by atoms with Crippen molar-refractivity contribution in [2.75, 3.05) is 12.4 Å². The van der Waals surface area contributed by atoms with Gasteiger partial charge in [0.2, 0.25) is 5.60 Å². The third kappa shape index (κ3) is 5.84. The molecule has 0 fully saturated rings. The lowest BCUT2D eigenvalue weighted by Gasteiger charge is -2.27. The molecule has 2 N–H and O–H groups in total. The van der Waals surface area contributed by atoms with Gasteiger partial charge < -0.3 is 14.9 Å². The van der Waals surface area contributed by atoms with E-state index in [0.717, 1.165) is 23.0 Å². The first-order valence-electron chi connectivity index (χ1n) is 9.75. The number of benzene rings is 3. The maximum atomic E-state index is 13.1. The number of alkyl halides is 1. The van der Waals surface area contributed by atoms with Crippen molar-refractivity contribution < 1.29 is 19.7 Å². The van der Waals surface area contributed by atoms with Gasteiger partial charge in [-0.1, -0.05) is 106 Å². The Morgan fingerprint density at radius 3 is 1.74 bits per heavy atom. The summed E-state index contributed by atoms with van der Waals surface area (Å²) in [5.41, 5.74) is 2.09. The summed E-state index contributed by atoms with van der Waals surface area (Å²) in [5.74, 6) is 1.01. The lowest BCUT2D eigenvalue weighted by Crippen LogP contribution is -2.39. The van der Waals surface area contributed by atoms with Crippen LogP contribution in [-0.2, 0) is 15.1 Å². The molecule has 0 atom stereocenters. The van der Waals surface area contributed by atoms with Crippen molar-refractivity contribution >= 4 is 27.5 Å². The Labute approximate surface area is 192 Å². The van der Waals surface area contributed by atoms with Crippen molar-refractivity contribution in [1.82, 2.24) is 0 Å². The number of carbonyl (C=O) groups excluding carboxylic acids is 1. The molecule has 4 nitrogen and oxygen atoms in total. The highest BCUT2D eigenvalue weighted by molar-refractivity contribution is 9.08. The number of hydrogen-bond donors (Lipinski definition) is 2. The van der Waals surface area contributed by atoms with Gasteiger partial charge in [0.15, 0.2) is 0 Å². The summed E-state index contributed by atoms with van der Waals surface area (Å²) in [4.78, 5) is 13.1. The van der Waals surface area contributed by atoms with Crippen LogP contribution in [0.5, 0.6) is 0 Å². The third-order valence-corrected chi connectivity index (χ3v) is 4.89. The Bertz CT molecular complexity index is 948. The average molecular weight is 483 g/mol. The fraction of sp³-hybridized carbons (Fsp3) is 0.192. The number of hydrogen-bond acceptors (Lipinski definition) is 4. The van der Waals surface area contributed by atoms with Gasteiger partial charge in [-0.25, -0.2) is 4.79 Å². The average Bonchev–Trinajstić information content (AvgIpc) is 2.81. The Kier molecular flexibility index (Phi) is 9.03. The molecule has 0 bridgehead atoms. The van der Waals surface area contributed by atoms with Crippen LogP contribution in [0.15, 0.2) is 85.1 Å². The Morgan fingerprint density at radius 1 is 0.871 bits per heavy atom. The predicted octanol–water partition coefficient (Wildman–Crippen LogP) is 5.69. The Morgan fingerprint density at radius 2 is 1.32 bits per heavy atom. The zero-order valence-corrected chi connectivity index (χ0v) is 19.5. The molecular weight excluding hydrogens is 456 g/mol. The van der Waals surface area contributed by atoms with Crippen LogP contribution in [-0.4, -0.2) is 28.6 Å². The van der Waals surface area contributed by atoms with Crippen molar-refractivity contribution in [2.45, 2.75) is 19.4 Å². The van der Waals surface area contributed by atoms with E-state index >= 15 is 0 Å². The molecule has 0 unspecified atom stereocenters. The molecule has 5 heteroatoms. The topological polar surface area (TPSA) is 66.8 Å². The lowest BCUT2D eigenvalue weighted by molar-refractivity contribution is -0.160. The van der Waals surface area contributed by atoms with Crippen molar-refractivity contribution in [1.29, 1.82) is 0 Å². The summed E-state index contributed by atoms with van der Waals surface area (Å²) in [5, 5.41) is 21.1. The van der Waals surface area contributed by atoms with Crippen LogP contribution in [0.4, 0.5) is 0 Å². The molecule has 0 heterocycles. The first-order valence-corrected chi connectivity index (χ1v) is 11.3. The summed E-state index contributed by atoms with van der Waals surface area (Å²) in [6.45, 7) is 3.70. The fourth-order valence-electron chi connectivity index (χ4n) is 3.09. The van der Waals surface area contributed by atoms with Gasteiger partial charge in [-0.2, -0.15) is 0 Å². The van der Waals surface area contributed by atoms with Crippen molar-refractivity contribution in [3.63, 3.8) is 0 Å². The largest absolute Gasteiger partial charge is 0.515 e. The minimum atomic E-state index is -1.96. The smallest absolute Gasteiger partial charge is 0.348 e. The molecular formula is C26H27BrO4. The molecule has 0 saturated heterocycles. The Hall–Kier alpha value is -2.89. The van der Waals surface area contributed by atoms with E-state index in [0.29, 0.717) is 16.7 Å². The van der Waals surface area contributed by atoms with E-state index in [1.54, 1.807) is 24.3 Å². The maximum absolute atomic E-state index is 13.1. The number of aliphatic hydroxyl groups is 2. The van der Waals surface area contributed by atoms with Gasteiger partial charge in [-0.05, 0) is 36.4 Å². The summed E-state index contributed by atoms with van der Waals surface area (Å²) in [7, 11) is 0. The maximum Gasteiger partial charge on any atom is 0.348 e. The normalized spacial score (nSPS) is 11.3. The van der Waals surface area contributed by atoms with E-state index in [-0.39, 0.29) is 6.61 Å². The van der Waals surface area contributed by atoms with Crippen molar-refractivity contribution in [2.24, 2.45) is 0 Å². The fourth-order valence-corrected chi connectivity index (χ4v) is 3.09. The second-order valence-electron chi connectivity index (χ2n) is 7.04. The number of aliphatic hydroxyl groups excluding tert-OH is 1. The lowest BCUT2D eigenvalue weighted by atomic mass is 9.85. The molecule has 3 aromatic rings. The van der Waals surface area contributed by atoms with E-state index in [2.05, 4.69) is 15.9 Å². The number of esters is 1. The molecule has 0 saturated carbocycles. The predicted molar refractivity (Wildman–Crippen MR) is 128 cm³/mol. The van der Waals surface area contributed by atoms with Crippen LogP contribution in [0.1, 0.15) is 27.8 Å². The van der Waals surface area contributed by atoms with Gasteiger partial charge in [0.1, 0.15) is 6.61 Å². The van der Waals surface area contributed by atoms with Crippen LogP contribution < -0.4 is 0 Å². The second-order valence-corrected chi connectivity index (χ2v) is 7.04. The summed E-state index contributed by atoms with van der Waals surface area (Å²) in [6.07, 6.45) is 0.916. The molecule has 0 aliphatic heterocycles. The molecule has 0 radical (unpaired) electrons. The van der Waals surface area contributed by atoms with Gasteiger partial charge >= 0.3 is 5.97 Å². The summed E-state index contributed by atoms with van der Waals surface area (Å²) < 4.78 is 5.47. The number of carbonyl (C=O) groups is 1. The highest BCUT2D eigenvalue weighted by Crippen LogP contribution is 2.32. The molecule has 3 aromatic carbocycles. The van der Waals surface area contributed by atoms with Gasteiger partial charge in [-0.3, -0.25) is 0 Å². The first-order chi connectivity index (χ1) is 14.9. The third-order valence-electron chi connectivity index (χ3n) is 4.89. The minimum absolute atomic E-state index is 0.167. The van der Waals surface area contributed by atoms with Crippen LogP contribution in [0.3, 0.4) is 0 Å². The van der Waals surface area contributed by atoms with Gasteiger partial charge in [-0.15, -0.1) is 0 Å². The van der Waals surface area contributed by atoms with E-state index in [9.17, 15) is 15.0 Å². The quantitative estimate of drug-likeness (QED) is 0.269. The highest BCUT2D eigenvalue weighted by atomic mass is 79.9. The van der Waals surface area contributed by atoms with Crippen LogP contribution in [0, 0.1) is 13.8 Å². The zero-order valence-electron chi connectivity index (χ0n) is 17.9. The molecule has 162 valence electrons. The monoisotopic (exact) mass is 482 g/mol. The number of halogens is 1. The molecule has 31 heavy (non-hydrogen) atoms. The van der Waals surface area contributed by atoms with E-state index in [1.165, 1.54) is 0 Å². The van der Waals surface area contributed by atoms with Crippen LogP contribution in [0.2, 0.25) is 0 Å². The highest BCUT2D eigenvalue weighted by Gasteiger charge is 2.41. The van der Waals surface area contributed by atoms with Crippen LogP contribution >= 0.6 is 15.9 Å². The van der Waals surface area contributed by atoms with Gasteiger partial charge in [0.25, 0.3) is 0 Å². The minimum Gasteiger partial charge on any atom is -0.515 e. The van der Waals surface area contributed by atoms with Gasteiger partial charge in [0, 0.05) is 5.57 Å². The van der Waals surface area contributed by atoms with E-state index < -0.39 is 11.6 Å². The molecule has 3 rings (SSSR count). The van der Waals surface area contributed by atoms with Crippen LogP contribution in [0.25, 0.3) is 5.57 Å². The summed E-state index contributed by atoms with van der Waals surface area (Å²) >= 11 is 2.94. The molecule has 0 amide bonds. The molecule has 0 aliphatic rings. The van der Waals surface area contributed by atoms with Crippen molar-refractivity contribution in [3.05, 3.63) is 113 Å². The van der Waals surface area contributed by atoms with E-state index in [1.807, 2.05) is 74.3 Å². The molecule has 0 spiro atoms. The number of ether oxygens (including phenoxy) is 1. The molecule has 0 aliphatic carbocycles. The van der Waals surface area contributed by atoms with Gasteiger partial charge in [0.05, 0.1) is 6.26 Å². The second kappa shape index (κ2) is 11.5. The molecule has 0 aromatic heterocycles. The Balaban J connectivity index is 0.00000166.